The van der Waals surface area contributed by atoms with E-state index in [1.807, 2.05) is 0 Å². The Balaban J connectivity index is 1.29. The number of anilines is 1. The van der Waals surface area contributed by atoms with Crippen LogP contribution in [-0.4, -0.2) is 70.9 Å². The predicted molar refractivity (Wildman–Crippen MR) is 135 cm³/mol. The van der Waals surface area contributed by atoms with Crippen LogP contribution in [0.2, 0.25) is 0 Å². The number of sulfonamides is 1. The second kappa shape index (κ2) is 8.98. The molecular formula is C26H25F2N5O4S. The Bertz CT molecular complexity index is 1540. The summed E-state index contributed by atoms with van der Waals surface area (Å²) in [6, 6.07) is 8.84. The zero-order chi connectivity index (χ0) is 26.7. The number of alkyl halides is 1. The number of hydrogen-bond donors (Lipinski definition) is 1. The minimum atomic E-state index is -4.02. The first-order chi connectivity index (χ1) is 18.2. The summed E-state index contributed by atoms with van der Waals surface area (Å²) < 4.78 is 56.9. The van der Waals surface area contributed by atoms with Gasteiger partial charge in [0.2, 0.25) is 10.0 Å². The first-order valence-corrected chi connectivity index (χ1v) is 13.7. The third-order valence-corrected chi connectivity index (χ3v) is 9.50. The van der Waals surface area contributed by atoms with Gasteiger partial charge < -0.3 is 10.0 Å². The molecule has 0 bridgehead atoms. The van der Waals surface area contributed by atoms with E-state index in [2.05, 4.69) is 10.1 Å². The third kappa shape index (κ3) is 3.99. The number of carboxylic acids is 1. The Morgan fingerprint density at radius 3 is 2.55 bits per heavy atom. The van der Waals surface area contributed by atoms with E-state index in [4.69, 9.17) is 0 Å². The van der Waals surface area contributed by atoms with E-state index in [9.17, 15) is 27.1 Å². The maximum absolute atomic E-state index is 13.6. The van der Waals surface area contributed by atoms with Crippen molar-refractivity contribution >= 4 is 27.9 Å². The molecule has 3 aliphatic rings. The summed E-state index contributed by atoms with van der Waals surface area (Å²) in [5.41, 5.74) is 1.20. The highest BCUT2D eigenvalue weighted by Crippen LogP contribution is 2.45. The molecule has 0 spiro atoms. The van der Waals surface area contributed by atoms with Crippen molar-refractivity contribution in [2.45, 2.75) is 30.3 Å². The number of halogens is 2. The molecule has 4 heterocycles. The van der Waals surface area contributed by atoms with Crippen molar-refractivity contribution in [2.75, 3.05) is 31.1 Å². The van der Waals surface area contributed by atoms with Crippen LogP contribution in [0.15, 0.2) is 59.3 Å². The Morgan fingerprint density at radius 2 is 1.89 bits per heavy atom. The Hall–Kier alpha value is -3.64. The quantitative estimate of drug-likeness (QED) is 0.529. The molecule has 198 valence electrons. The number of piperidine rings is 1. The van der Waals surface area contributed by atoms with Crippen molar-refractivity contribution < 1.29 is 27.1 Å². The molecule has 0 saturated carbocycles. The van der Waals surface area contributed by atoms with E-state index >= 15 is 0 Å². The number of carbonyl (C=O) groups is 1. The predicted octanol–water partition coefficient (Wildman–Crippen LogP) is 3.06. The molecule has 0 amide bonds. The van der Waals surface area contributed by atoms with Crippen LogP contribution < -0.4 is 4.90 Å². The van der Waals surface area contributed by atoms with Crippen LogP contribution in [0.3, 0.4) is 0 Å². The minimum Gasteiger partial charge on any atom is -0.481 e. The Morgan fingerprint density at radius 1 is 1.11 bits per heavy atom. The van der Waals surface area contributed by atoms with Gasteiger partial charge in [-0.05, 0) is 72.9 Å². The molecular weight excluding hydrogens is 516 g/mol. The van der Waals surface area contributed by atoms with Gasteiger partial charge in [-0.25, -0.2) is 26.9 Å². The van der Waals surface area contributed by atoms with E-state index in [0.29, 0.717) is 41.3 Å². The minimum absolute atomic E-state index is 0.0363. The molecule has 1 aliphatic carbocycles. The van der Waals surface area contributed by atoms with Gasteiger partial charge in [-0.1, -0.05) is 0 Å². The zero-order valence-corrected chi connectivity index (χ0v) is 21.1. The molecule has 0 radical (unpaired) electrons. The fraction of sp³-hybridized carbons (Fsp3) is 0.346. The number of nitrogens with zero attached hydrogens (tertiary/aromatic N) is 5. The monoisotopic (exact) mass is 541 g/mol. The lowest BCUT2D eigenvalue weighted by Crippen LogP contribution is -2.53. The van der Waals surface area contributed by atoms with Gasteiger partial charge in [0.1, 0.15) is 28.1 Å². The zero-order valence-electron chi connectivity index (χ0n) is 20.3. The lowest BCUT2D eigenvalue weighted by molar-refractivity contribution is -0.147. The van der Waals surface area contributed by atoms with Gasteiger partial charge in [0, 0.05) is 25.8 Å². The van der Waals surface area contributed by atoms with Gasteiger partial charge >= 0.3 is 5.97 Å². The molecule has 2 aliphatic heterocycles. The maximum Gasteiger partial charge on any atom is 0.315 e. The van der Waals surface area contributed by atoms with E-state index in [1.54, 1.807) is 40.1 Å². The molecule has 2 aromatic heterocycles. The van der Waals surface area contributed by atoms with Crippen LogP contribution in [0.4, 0.5) is 14.6 Å². The number of hydrogen-bond acceptors (Lipinski definition) is 6. The molecule has 6 rings (SSSR count). The summed E-state index contributed by atoms with van der Waals surface area (Å²) in [6.45, 7) is 0.624. The van der Waals surface area contributed by atoms with Crippen molar-refractivity contribution in [2.24, 2.45) is 5.41 Å². The summed E-state index contributed by atoms with van der Waals surface area (Å²) in [5, 5.41) is 14.8. The average molecular weight is 542 g/mol. The third-order valence-electron chi connectivity index (χ3n) is 7.67. The van der Waals surface area contributed by atoms with E-state index < -0.39 is 27.6 Å². The van der Waals surface area contributed by atoms with Crippen LogP contribution >= 0.6 is 0 Å². The molecule has 1 N–H and O–H groups in total. The average Bonchev–Trinajstić information content (AvgIpc) is 3.53. The second-order valence-corrected chi connectivity index (χ2v) is 11.9. The highest BCUT2D eigenvalue weighted by Gasteiger charge is 2.51. The van der Waals surface area contributed by atoms with Crippen LogP contribution in [0.25, 0.3) is 11.8 Å². The van der Waals surface area contributed by atoms with Gasteiger partial charge in [0.05, 0.1) is 24.1 Å². The van der Waals surface area contributed by atoms with Crippen molar-refractivity contribution in [1.29, 1.82) is 0 Å². The van der Waals surface area contributed by atoms with Gasteiger partial charge in [-0.15, -0.1) is 0 Å². The topological polar surface area (TPSA) is 109 Å². The normalized spacial score (nSPS) is 23.6. The molecule has 1 unspecified atom stereocenters. The van der Waals surface area contributed by atoms with Crippen molar-refractivity contribution in [1.82, 2.24) is 19.1 Å². The fourth-order valence-electron chi connectivity index (χ4n) is 5.58. The Kier molecular flexibility index (Phi) is 5.84. The molecule has 2 atom stereocenters. The largest absolute Gasteiger partial charge is 0.481 e. The van der Waals surface area contributed by atoms with E-state index in [1.165, 1.54) is 28.7 Å². The summed E-state index contributed by atoms with van der Waals surface area (Å²) in [6.07, 6.45) is 4.39. The number of fused-ring (bicyclic) bond motifs is 2. The van der Waals surface area contributed by atoms with Crippen molar-refractivity contribution in [3.05, 3.63) is 71.4 Å². The number of carboxylic acid groups (broad SMARTS) is 1. The first kappa shape index (κ1) is 24.7. The van der Waals surface area contributed by atoms with Crippen LogP contribution in [0, 0.1) is 11.2 Å². The van der Waals surface area contributed by atoms with Crippen LogP contribution in [-0.2, 0) is 21.2 Å². The van der Waals surface area contributed by atoms with Gasteiger partial charge in [0.25, 0.3) is 0 Å². The number of benzene rings is 1. The van der Waals surface area contributed by atoms with Crippen molar-refractivity contribution in [3.8, 4) is 5.69 Å². The smallest absolute Gasteiger partial charge is 0.315 e. The van der Waals surface area contributed by atoms with Gasteiger partial charge in [0.15, 0.2) is 0 Å². The summed E-state index contributed by atoms with van der Waals surface area (Å²) in [5.74, 6) is -0.971. The maximum atomic E-state index is 13.6. The molecule has 12 heteroatoms. The Labute approximate surface area is 218 Å². The summed E-state index contributed by atoms with van der Waals surface area (Å²) >= 11 is 0. The standard InChI is InChI=1S/C26H25F2N5O4S/c27-19-1-3-21(4-2-19)33-23-11-18-7-10-32(16-26(18,25(34)35)12-17(23)13-30-33)38(36,37)22-5-6-24(29-14-22)31-9-8-20(28)15-31/h1-6,11,13-14,20H,7-10,12,15-16H2,(H,34,35)/t20-,26?/m1/s1. The molecule has 3 aromatic rings. The lowest BCUT2D eigenvalue weighted by Gasteiger charge is -2.43. The van der Waals surface area contributed by atoms with Gasteiger partial charge in [-0.2, -0.15) is 9.40 Å². The molecule has 9 nitrogen and oxygen atoms in total. The SMILES string of the molecule is O=C(O)C12Cc3cnn(-c4ccc(F)cc4)c3C=C1CCN(S(=O)(=O)c1ccc(N3CC[C@@H](F)C3)nc1)C2. The van der Waals surface area contributed by atoms with E-state index in [0.717, 1.165) is 0 Å². The highest BCUT2D eigenvalue weighted by molar-refractivity contribution is 7.89. The fourth-order valence-corrected chi connectivity index (χ4v) is 7.02. The first-order valence-electron chi connectivity index (χ1n) is 12.3. The van der Waals surface area contributed by atoms with E-state index in [-0.39, 0.29) is 43.2 Å². The number of aliphatic carboxylic acids is 1. The van der Waals surface area contributed by atoms with Gasteiger partial charge in [-0.3, -0.25) is 4.79 Å². The number of aromatic nitrogens is 3. The van der Waals surface area contributed by atoms with Crippen LogP contribution in [0.5, 0.6) is 0 Å². The number of rotatable bonds is 5. The number of pyridine rings is 1. The molecule has 1 aromatic carbocycles. The highest BCUT2D eigenvalue weighted by atomic mass is 32.2. The summed E-state index contributed by atoms with van der Waals surface area (Å²) in [7, 11) is -4.02. The molecule has 38 heavy (non-hydrogen) atoms. The second-order valence-electron chi connectivity index (χ2n) is 9.95. The van der Waals surface area contributed by atoms with Crippen molar-refractivity contribution in [3.63, 3.8) is 0 Å². The lowest BCUT2D eigenvalue weighted by atomic mass is 9.69. The molecule has 2 saturated heterocycles. The molecule has 2 fully saturated rings. The van der Waals surface area contributed by atoms with Crippen LogP contribution in [0.1, 0.15) is 24.1 Å². The summed E-state index contributed by atoms with van der Waals surface area (Å²) in [4.78, 5) is 18.7.